The lowest BCUT2D eigenvalue weighted by atomic mass is 9.86. The molecule has 1 aromatic carbocycles. The van der Waals surface area contributed by atoms with Crippen LogP contribution in [0.4, 0.5) is 0 Å². The largest absolute Gasteiger partial charge is 0.458 e. The van der Waals surface area contributed by atoms with E-state index in [2.05, 4.69) is 15.5 Å². The molecule has 2 aromatic rings. The normalized spacial score (nSPS) is 20.7. The average Bonchev–Trinajstić information content (AvgIpc) is 3.18. The highest BCUT2D eigenvalue weighted by Crippen LogP contribution is 2.28. The summed E-state index contributed by atoms with van der Waals surface area (Å²) in [5.74, 6) is -0.326. The van der Waals surface area contributed by atoms with Crippen LogP contribution in [0.5, 0.6) is 0 Å². The summed E-state index contributed by atoms with van der Waals surface area (Å²) in [6, 6.07) is 9.85. The Morgan fingerprint density at radius 3 is 2.59 bits per heavy atom. The van der Waals surface area contributed by atoms with Gasteiger partial charge in [-0.05, 0) is 44.6 Å². The maximum atomic E-state index is 12.5. The summed E-state index contributed by atoms with van der Waals surface area (Å²) in [7, 11) is 0. The van der Waals surface area contributed by atoms with Crippen molar-refractivity contribution in [2.45, 2.75) is 58.1 Å². The first kappa shape index (κ1) is 19.1. The molecule has 0 aliphatic heterocycles. The van der Waals surface area contributed by atoms with Crippen molar-refractivity contribution in [3.05, 3.63) is 53.3 Å². The minimum Gasteiger partial charge on any atom is -0.458 e. The number of benzene rings is 1. The number of nitrogens with one attached hydrogen (secondary N) is 2. The number of hydrogen-bond donors (Lipinski definition) is 2. The Morgan fingerprint density at radius 1 is 1.22 bits per heavy atom. The van der Waals surface area contributed by atoms with E-state index in [4.69, 9.17) is 4.74 Å². The number of amides is 1. The number of esters is 1. The number of aromatic nitrogens is 2. The van der Waals surface area contributed by atoms with Gasteiger partial charge in [-0.3, -0.25) is 14.7 Å². The zero-order valence-corrected chi connectivity index (χ0v) is 15.9. The molecule has 1 atom stereocenters. The minimum absolute atomic E-state index is 0.0905. The molecule has 1 aromatic heterocycles. The summed E-state index contributed by atoms with van der Waals surface area (Å²) in [5.41, 5.74) is 2.45. The van der Waals surface area contributed by atoms with Gasteiger partial charge < -0.3 is 10.1 Å². The predicted molar refractivity (Wildman–Crippen MR) is 102 cm³/mol. The van der Waals surface area contributed by atoms with Crippen LogP contribution in [0.3, 0.4) is 0 Å². The predicted octanol–water partition coefficient (Wildman–Crippen LogP) is 3.57. The number of aryl methyl sites for hydroxylation is 1. The summed E-state index contributed by atoms with van der Waals surface area (Å²) < 4.78 is 5.64. The second-order valence-corrected chi connectivity index (χ2v) is 7.13. The molecule has 0 bridgehead atoms. The molecule has 2 N–H and O–H groups in total. The van der Waals surface area contributed by atoms with E-state index in [-0.39, 0.29) is 29.9 Å². The van der Waals surface area contributed by atoms with Crippen molar-refractivity contribution in [3.8, 4) is 0 Å². The lowest BCUT2D eigenvalue weighted by molar-refractivity contribution is -0.154. The van der Waals surface area contributed by atoms with Crippen LogP contribution in [0.25, 0.3) is 0 Å². The van der Waals surface area contributed by atoms with E-state index in [1.807, 2.05) is 44.2 Å². The van der Waals surface area contributed by atoms with E-state index >= 15 is 0 Å². The maximum absolute atomic E-state index is 12.5. The van der Waals surface area contributed by atoms with Crippen molar-refractivity contribution in [1.82, 2.24) is 15.5 Å². The quantitative estimate of drug-likeness (QED) is 0.763. The average molecular weight is 369 g/mol. The molecule has 1 aliphatic carbocycles. The molecule has 0 saturated heterocycles. The van der Waals surface area contributed by atoms with Crippen molar-refractivity contribution >= 4 is 11.9 Å². The van der Waals surface area contributed by atoms with Crippen LogP contribution in [0.2, 0.25) is 0 Å². The van der Waals surface area contributed by atoms with E-state index in [9.17, 15) is 9.59 Å². The van der Waals surface area contributed by atoms with Gasteiger partial charge in [-0.15, -0.1) is 0 Å². The fourth-order valence-electron chi connectivity index (χ4n) is 3.58. The van der Waals surface area contributed by atoms with Crippen LogP contribution in [-0.2, 0) is 16.0 Å². The number of H-pyrrole nitrogens is 1. The lowest BCUT2D eigenvalue weighted by Crippen LogP contribution is -2.39. The summed E-state index contributed by atoms with van der Waals surface area (Å²) >= 11 is 0. The fraction of sp³-hybridized carbons (Fsp3) is 0.476. The number of carbonyl (C=O) groups excluding carboxylic acids is 2. The molecule has 6 nitrogen and oxygen atoms in total. The van der Waals surface area contributed by atoms with Gasteiger partial charge in [0.2, 0.25) is 0 Å². The SMILES string of the molecule is CCc1[nH]ncc1C(=O)NC1CCC(C(=O)O[C@@H](C)c2ccccc2)CC1. The molecule has 0 radical (unpaired) electrons. The zero-order valence-electron chi connectivity index (χ0n) is 15.9. The standard InChI is InChI=1S/C21H27N3O3/c1-3-19-18(13-22-24-19)20(25)23-17-11-9-16(10-12-17)21(26)27-14(2)15-7-5-4-6-8-15/h4-8,13-14,16-17H,3,9-12H2,1-2H3,(H,22,24)(H,23,25)/t14-,16?,17?/m0/s1. The highest BCUT2D eigenvalue weighted by Gasteiger charge is 2.29. The van der Waals surface area contributed by atoms with Crippen LogP contribution in [0.1, 0.15) is 67.3 Å². The van der Waals surface area contributed by atoms with E-state index in [1.54, 1.807) is 6.20 Å². The number of carbonyl (C=O) groups is 2. The van der Waals surface area contributed by atoms with Gasteiger partial charge in [0, 0.05) is 11.7 Å². The molecule has 1 amide bonds. The van der Waals surface area contributed by atoms with Gasteiger partial charge in [0.05, 0.1) is 17.7 Å². The van der Waals surface area contributed by atoms with E-state index < -0.39 is 0 Å². The topological polar surface area (TPSA) is 84.1 Å². The van der Waals surface area contributed by atoms with E-state index in [0.29, 0.717) is 5.56 Å². The van der Waals surface area contributed by atoms with Gasteiger partial charge in [-0.25, -0.2) is 0 Å². The molecule has 144 valence electrons. The summed E-state index contributed by atoms with van der Waals surface area (Å²) in [4.78, 5) is 24.9. The molecule has 1 aliphatic rings. The molecule has 1 heterocycles. The Kier molecular flexibility index (Phi) is 6.27. The Balaban J connectivity index is 1.47. The van der Waals surface area contributed by atoms with Crippen molar-refractivity contribution in [2.75, 3.05) is 0 Å². The van der Waals surface area contributed by atoms with Crippen molar-refractivity contribution < 1.29 is 14.3 Å². The Hall–Kier alpha value is -2.63. The van der Waals surface area contributed by atoms with Gasteiger partial charge >= 0.3 is 5.97 Å². The van der Waals surface area contributed by atoms with Gasteiger partial charge in [0.15, 0.2) is 0 Å². The van der Waals surface area contributed by atoms with Crippen LogP contribution < -0.4 is 5.32 Å². The van der Waals surface area contributed by atoms with Gasteiger partial charge in [0.25, 0.3) is 5.91 Å². The third-order valence-electron chi connectivity index (χ3n) is 5.27. The Bertz CT molecular complexity index is 764. The highest BCUT2D eigenvalue weighted by molar-refractivity contribution is 5.95. The van der Waals surface area contributed by atoms with Crippen molar-refractivity contribution in [1.29, 1.82) is 0 Å². The second-order valence-electron chi connectivity index (χ2n) is 7.13. The van der Waals surface area contributed by atoms with Gasteiger partial charge in [-0.1, -0.05) is 37.3 Å². The van der Waals surface area contributed by atoms with Crippen LogP contribution in [-0.4, -0.2) is 28.1 Å². The molecule has 3 rings (SSSR count). The first-order chi connectivity index (χ1) is 13.1. The van der Waals surface area contributed by atoms with Crippen LogP contribution in [0.15, 0.2) is 36.5 Å². The second kappa shape index (κ2) is 8.84. The molecule has 1 fully saturated rings. The third-order valence-corrected chi connectivity index (χ3v) is 5.27. The summed E-state index contributed by atoms with van der Waals surface area (Å²) in [5, 5.41) is 9.87. The lowest BCUT2D eigenvalue weighted by Gasteiger charge is -2.28. The molecule has 0 unspecified atom stereocenters. The number of ether oxygens (including phenoxy) is 1. The smallest absolute Gasteiger partial charge is 0.309 e. The Morgan fingerprint density at radius 2 is 1.93 bits per heavy atom. The molecule has 0 spiro atoms. The molecule has 6 heteroatoms. The first-order valence-electron chi connectivity index (χ1n) is 9.67. The van der Waals surface area contributed by atoms with Crippen LogP contribution in [0, 0.1) is 5.92 Å². The van der Waals surface area contributed by atoms with E-state index in [1.165, 1.54) is 0 Å². The van der Waals surface area contributed by atoms with E-state index in [0.717, 1.165) is 43.4 Å². The minimum atomic E-state index is -0.246. The Labute approximate surface area is 159 Å². The number of hydrogen-bond acceptors (Lipinski definition) is 4. The number of nitrogens with zero attached hydrogens (tertiary/aromatic N) is 1. The third kappa shape index (κ3) is 4.76. The molecular formula is C21H27N3O3. The van der Waals surface area contributed by atoms with Crippen molar-refractivity contribution in [2.24, 2.45) is 5.92 Å². The molecular weight excluding hydrogens is 342 g/mol. The number of rotatable bonds is 6. The maximum Gasteiger partial charge on any atom is 0.309 e. The first-order valence-corrected chi connectivity index (χ1v) is 9.67. The highest BCUT2D eigenvalue weighted by atomic mass is 16.5. The number of aromatic amines is 1. The molecule has 1 saturated carbocycles. The van der Waals surface area contributed by atoms with Crippen LogP contribution >= 0.6 is 0 Å². The molecule has 27 heavy (non-hydrogen) atoms. The summed E-state index contributed by atoms with van der Waals surface area (Å²) in [6.45, 7) is 3.88. The summed E-state index contributed by atoms with van der Waals surface area (Å²) in [6.07, 6.45) is 5.09. The monoisotopic (exact) mass is 369 g/mol. The zero-order chi connectivity index (χ0) is 19.2. The van der Waals surface area contributed by atoms with Gasteiger partial charge in [0.1, 0.15) is 6.10 Å². The van der Waals surface area contributed by atoms with Crippen molar-refractivity contribution in [3.63, 3.8) is 0 Å². The van der Waals surface area contributed by atoms with Gasteiger partial charge in [-0.2, -0.15) is 5.10 Å². The fourth-order valence-corrected chi connectivity index (χ4v) is 3.58.